The average Bonchev–Trinajstić information content (AvgIpc) is 3.29. The van der Waals surface area contributed by atoms with Gasteiger partial charge < -0.3 is 5.32 Å². The minimum Gasteiger partial charge on any atom is -0.322 e. The molecule has 0 aliphatic carbocycles. The minimum absolute atomic E-state index is 0.217. The molecule has 174 valence electrons. The number of rotatable bonds is 6. The fourth-order valence-electron chi connectivity index (χ4n) is 4.12. The summed E-state index contributed by atoms with van der Waals surface area (Å²) >= 11 is 0. The van der Waals surface area contributed by atoms with Crippen molar-refractivity contribution in [2.24, 2.45) is 5.92 Å². The number of benzene rings is 2. The van der Waals surface area contributed by atoms with E-state index in [1.54, 1.807) is 23.5 Å². The summed E-state index contributed by atoms with van der Waals surface area (Å²) in [7, 11) is -3.66. The third-order valence-electron chi connectivity index (χ3n) is 6.33. The van der Waals surface area contributed by atoms with Gasteiger partial charge in [0.05, 0.1) is 11.4 Å². The van der Waals surface area contributed by atoms with Crippen LogP contribution in [0.3, 0.4) is 0 Å². The molecule has 1 aliphatic heterocycles. The molecule has 0 bridgehead atoms. The van der Waals surface area contributed by atoms with Crippen LogP contribution in [0, 0.1) is 19.8 Å². The van der Waals surface area contributed by atoms with Crippen molar-refractivity contribution in [3.63, 3.8) is 0 Å². The van der Waals surface area contributed by atoms with Gasteiger partial charge in [-0.05, 0) is 79.6 Å². The maximum Gasteiger partial charge on any atom is 0.255 e. The Labute approximate surface area is 195 Å². The van der Waals surface area contributed by atoms with Crippen LogP contribution in [-0.2, 0) is 16.6 Å². The summed E-state index contributed by atoms with van der Waals surface area (Å²) < 4.78 is 30.1. The van der Waals surface area contributed by atoms with Crippen molar-refractivity contribution in [3.8, 4) is 0 Å². The van der Waals surface area contributed by atoms with E-state index < -0.39 is 10.0 Å². The lowest BCUT2D eigenvalue weighted by molar-refractivity contribution is 0.102. The zero-order valence-corrected chi connectivity index (χ0v) is 20.1. The molecule has 1 fully saturated rings. The van der Waals surface area contributed by atoms with Gasteiger partial charge in [0.2, 0.25) is 10.0 Å². The molecular weight excluding hydrogens is 436 g/mol. The van der Waals surface area contributed by atoms with Crippen molar-refractivity contribution in [1.29, 1.82) is 0 Å². The Hall–Kier alpha value is -2.97. The van der Waals surface area contributed by atoms with Crippen LogP contribution < -0.4 is 5.32 Å². The lowest BCUT2D eigenvalue weighted by Gasteiger charge is -2.30. The molecule has 7 nitrogen and oxygen atoms in total. The number of aromatic nitrogens is 2. The topological polar surface area (TPSA) is 84.3 Å². The molecule has 2 heterocycles. The van der Waals surface area contributed by atoms with Gasteiger partial charge in [0.15, 0.2) is 0 Å². The van der Waals surface area contributed by atoms with E-state index in [1.165, 1.54) is 6.07 Å². The van der Waals surface area contributed by atoms with Gasteiger partial charge in [-0.1, -0.05) is 19.1 Å². The maximum atomic E-state index is 13.4. The first-order valence-electron chi connectivity index (χ1n) is 11.2. The lowest BCUT2D eigenvalue weighted by atomic mass is 10.0. The first-order valence-corrected chi connectivity index (χ1v) is 12.7. The van der Waals surface area contributed by atoms with E-state index in [4.69, 9.17) is 0 Å². The van der Waals surface area contributed by atoms with Gasteiger partial charge in [-0.2, -0.15) is 9.40 Å². The number of amides is 1. The van der Waals surface area contributed by atoms with Gasteiger partial charge in [0.1, 0.15) is 0 Å². The van der Waals surface area contributed by atoms with Crippen molar-refractivity contribution in [1.82, 2.24) is 14.1 Å². The van der Waals surface area contributed by atoms with Gasteiger partial charge in [-0.3, -0.25) is 9.48 Å². The molecule has 8 heteroatoms. The third-order valence-corrected chi connectivity index (χ3v) is 8.36. The molecule has 1 saturated heterocycles. The van der Waals surface area contributed by atoms with E-state index in [1.807, 2.05) is 48.1 Å². The fraction of sp³-hybridized carbons (Fsp3) is 0.360. The molecule has 33 heavy (non-hydrogen) atoms. The Balaban J connectivity index is 1.57. The smallest absolute Gasteiger partial charge is 0.255 e. The second kappa shape index (κ2) is 9.49. The van der Waals surface area contributed by atoms with Crippen molar-refractivity contribution >= 4 is 21.6 Å². The molecule has 1 amide bonds. The summed E-state index contributed by atoms with van der Waals surface area (Å²) in [6, 6.07) is 12.7. The molecule has 0 spiro atoms. The molecule has 1 aromatic heterocycles. The molecule has 0 atom stereocenters. The van der Waals surface area contributed by atoms with Crippen LogP contribution in [0.15, 0.2) is 59.8 Å². The van der Waals surface area contributed by atoms with Crippen LogP contribution in [0.5, 0.6) is 0 Å². The number of nitrogens with one attached hydrogen (secondary N) is 1. The lowest BCUT2D eigenvalue weighted by Crippen LogP contribution is -2.38. The first-order chi connectivity index (χ1) is 15.7. The van der Waals surface area contributed by atoms with Gasteiger partial charge >= 0.3 is 0 Å². The highest BCUT2D eigenvalue weighted by atomic mass is 32.2. The number of aryl methyl sites for hydroxylation is 1. The fourth-order valence-corrected chi connectivity index (χ4v) is 5.92. The highest BCUT2D eigenvalue weighted by molar-refractivity contribution is 7.89. The molecule has 0 unspecified atom stereocenters. The maximum absolute atomic E-state index is 13.4. The van der Waals surface area contributed by atoms with Crippen LogP contribution in [0.25, 0.3) is 0 Å². The van der Waals surface area contributed by atoms with E-state index in [0.29, 0.717) is 42.4 Å². The van der Waals surface area contributed by atoms with Crippen LogP contribution in [0.1, 0.15) is 46.8 Å². The second-order valence-electron chi connectivity index (χ2n) is 8.86. The van der Waals surface area contributed by atoms with Crippen LogP contribution in [0.2, 0.25) is 0 Å². The molecular formula is C25H30N4O3S. The number of nitrogens with zero attached hydrogens (tertiary/aromatic N) is 3. The predicted molar refractivity (Wildman–Crippen MR) is 129 cm³/mol. The number of anilines is 1. The van der Waals surface area contributed by atoms with E-state index in [9.17, 15) is 13.2 Å². The van der Waals surface area contributed by atoms with Crippen LogP contribution >= 0.6 is 0 Å². The Kier molecular flexibility index (Phi) is 6.67. The number of hydrogen-bond donors (Lipinski definition) is 1. The minimum atomic E-state index is -3.66. The number of piperidine rings is 1. The van der Waals surface area contributed by atoms with E-state index in [2.05, 4.69) is 17.3 Å². The normalized spacial score (nSPS) is 15.5. The standard InChI is InChI=1S/C25H30N4O3S/c1-18-8-12-29(13-9-18)33(31,32)24-16-22(14-19(2)20(24)3)25(30)27-23-7-4-6-21(15-23)17-28-11-5-10-26-28/h4-7,10-11,14-16,18H,8-9,12-13,17H2,1-3H3,(H,27,30). The molecule has 2 aromatic carbocycles. The zero-order chi connectivity index (χ0) is 23.6. The summed E-state index contributed by atoms with van der Waals surface area (Å²) in [6.07, 6.45) is 5.31. The Bertz CT molecular complexity index is 1240. The molecule has 4 rings (SSSR count). The summed E-state index contributed by atoms with van der Waals surface area (Å²) in [4.78, 5) is 13.3. The van der Waals surface area contributed by atoms with Crippen molar-refractivity contribution in [2.45, 2.75) is 45.1 Å². The van der Waals surface area contributed by atoms with E-state index in [0.717, 1.165) is 24.0 Å². The summed E-state index contributed by atoms with van der Waals surface area (Å²) in [5.74, 6) is 0.193. The summed E-state index contributed by atoms with van der Waals surface area (Å²) in [5.41, 5.74) is 3.45. The summed E-state index contributed by atoms with van der Waals surface area (Å²) in [6.45, 7) is 7.41. The predicted octanol–water partition coefficient (Wildman–Crippen LogP) is 4.22. The van der Waals surface area contributed by atoms with Crippen molar-refractivity contribution in [2.75, 3.05) is 18.4 Å². The zero-order valence-electron chi connectivity index (χ0n) is 19.3. The highest BCUT2D eigenvalue weighted by Crippen LogP contribution is 2.28. The second-order valence-corrected chi connectivity index (χ2v) is 10.8. The largest absolute Gasteiger partial charge is 0.322 e. The number of hydrogen-bond acceptors (Lipinski definition) is 4. The highest BCUT2D eigenvalue weighted by Gasteiger charge is 2.30. The molecule has 1 N–H and O–H groups in total. The number of sulfonamides is 1. The number of carbonyl (C=O) groups excluding carboxylic acids is 1. The van der Waals surface area contributed by atoms with E-state index in [-0.39, 0.29) is 10.8 Å². The first kappa shape index (κ1) is 23.2. The Morgan fingerprint density at radius 1 is 1.12 bits per heavy atom. The quantitative estimate of drug-likeness (QED) is 0.589. The third kappa shape index (κ3) is 5.17. The van der Waals surface area contributed by atoms with Gasteiger partial charge in [0.25, 0.3) is 5.91 Å². The van der Waals surface area contributed by atoms with Crippen molar-refractivity contribution < 1.29 is 13.2 Å². The molecule has 0 radical (unpaired) electrons. The van der Waals surface area contributed by atoms with Crippen LogP contribution in [-0.4, -0.2) is 41.5 Å². The molecule has 3 aromatic rings. The average molecular weight is 467 g/mol. The van der Waals surface area contributed by atoms with Crippen LogP contribution in [0.4, 0.5) is 5.69 Å². The van der Waals surface area contributed by atoms with E-state index >= 15 is 0 Å². The monoisotopic (exact) mass is 466 g/mol. The Morgan fingerprint density at radius 3 is 2.58 bits per heavy atom. The van der Waals surface area contributed by atoms with Gasteiger partial charge in [-0.25, -0.2) is 8.42 Å². The van der Waals surface area contributed by atoms with Crippen molar-refractivity contribution in [3.05, 3.63) is 77.1 Å². The molecule has 0 saturated carbocycles. The van der Waals surface area contributed by atoms with Gasteiger partial charge in [-0.15, -0.1) is 0 Å². The van der Waals surface area contributed by atoms with Gasteiger partial charge in [0, 0.05) is 36.7 Å². The number of carbonyl (C=O) groups is 1. The Morgan fingerprint density at radius 2 is 1.88 bits per heavy atom. The summed E-state index contributed by atoms with van der Waals surface area (Å²) in [5, 5.41) is 7.12. The molecule has 1 aliphatic rings. The SMILES string of the molecule is Cc1cc(C(=O)Nc2cccc(Cn3cccn3)c2)cc(S(=O)(=O)N2CCC(C)CC2)c1C.